The Labute approximate surface area is 150 Å². The van der Waals surface area contributed by atoms with Crippen LogP contribution in [0.3, 0.4) is 0 Å². The second kappa shape index (κ2) is 7.37. The predicted molar refractivity (Wildman–Crippen MR) is 96.2 cm³/mol. The van der Waals surface area contributed by atoms with Gasteiger partial charge in [0.2, 0.25) is 0 Å². The maximum absolute atomic E-state index is 12.5. The fourth-order valence-electron chi connectivity index (χ4n) is 3.15. The van der Waals surface area contributed by atoms with Crippen LogP contribution in [0, 0.1) is 13.8 Å². The zero-order valence-electron chi connectivity index (χ0n) is 14.6. The van der Waals surface area contributed by atoms with Crippen molar-refractivity contribution < 1.29 is 14.3 Å². The molecule has 2 N–H and O–H groups in total. The largest absolute Gasteiger partial charge is 0.465 e. The number of thiazole rings is 1. The summed E-state index contributed by atoms with van der Waals surface area (Å²) in [4.78, 5) is 34.2. The molecule has 7 nitrogen and oxygen atoms in total. The van der Waals surface area contributed by atoms with Gasteiger partial charge in [-0.25, -0.2) is 9.78 Å². The summed E-state index contributed by atoms with van der Waals surface area (Å²) in [5, 5.41) is 5.34. The average molecular weight is 362 g/mol. The van der Waals surface area contributed by atoms with E-state index < -0.39 is 5.97 Å². The minimum absolute atomic E-state index is 0.308. The van der Waals surface area contributed by atoms with Gasteiger partial charge in [-0.15, -0.1) is 11.3 Å². The molecule has 3 rings (SSSR count). The number of nitrogens with zero attached hydrogens (tertiary/aromatic N) is 2. The molecule has 2 aromatic rings. The van der Waals surface area contributed by atoms with E-state index in [1.807, 2.05) is 5.38 Å². The fraction of sp³-hybridized carbons (Fsp3) is 0.471. The van der Waals surface area contributed by atoms with E-state index in [0.29, 0.717) is 27.6 Å². The first-order valence-corrected chi connectivity index (χ1v) is 9.13. The zero-order chi connectivity index (χ0) is 18.0. The van der Waals surface area contributed by atoms with E-state index in [-0.39, 0.29) is 5.91 Å². The van der Waals surface area contributed by atoms with Gasteiger partial charge in [-0.2, -0.15) is 0 Å². The molecule has 2 aromatic heterocycles. The highest BCUT2D eigenvalue weighted by atomic mass is 32.1. The predicted octanol–water partition coefficient (Wildman–Crippen LogP) is 2.72. The number of esters is 1. The van der Waals surface area contributed by atoms with Gasteiger partial charge >= 0.3 is 5.97 Å². The van der Waals surface area contributed by atoms with Crippen molar-refractivity contribution in [2.45, 2.75) is 33.2 Å². The molecular formula is C17H22N4O3S. The van der Waals surface area contributed by atoms with E-state index in [9.17, 15) is 9.59 Å². The van der Waals surface area contributed by atoms with Crippen molar-refractivity contribution in [3.05, 3.63) is 33.6 Å². The van der Waals surface area contributed by atoms with Crippen molar-refractivity contribution in [1.29, 1.82) is 0 Å². The Morgan fingerprint density at radius 3 is 2.76 bits per heavy atom. The van der Waals surface area contributed by atoms with Gasteiger partial charge in [0.1, 0.15) is 5.69 Å². The average Bonchev–Trinajstić information content (AvgIpc) is 3.30. The van der Waals surface area contributed by atoms with Crippen LogP contribution in [0.25, 0.3) is 0 Å². The van der Waals surface area contributed by atoms with E-state index in [1.54, 1.807) is 13.8 Å². The summed E-state index contributed by atoms with van der Waals surface area (Å²) in [7, 11) is 1.32. The Morgan fingerprint density at radius 2 is 2.08 bits per heavy atom. The Kier molecular flexibility index (Phi) is 5.19. The Hall–Kier alpha value is -2.19. The van der Waals surface area contributed by atoms with Gasteiger partial charge in [0.15, 0.2) is 5.13 Å². The van der Waals surface area contributed by atoms with Crippen molar-refractivity contribution in [3.63, 3.8) is 0 Å². The van der Waals surface area contributed by atoms with E-state index in [0.717, 1.165) is 25.3 Å². The van der Waals surface area contributed by atoms with Crippen molar-refractivity contribution in [1.82, 2.24) is 14.9 Å². The molecule has 134 valence electrons. The van der Waals surface area contributed by atoms with Crippen LogP contribution in [0.5, 0.6) is 0 Å². The molecule has 8 heteroatoms. The number of carbonyl (C=O) groups excluding carboxylic acids is 2. The van der Waals surface area contributed by atoms with Crippen LogP contribution in [-0.4, -0.2) is 46.9 Å². The lowest BCUT2D eigenvalue weighted by Crippen LogP contribution is -2.18. The molecule has 1 aliphatic heterocycles. The summed E-state index contributed by atoms with van der Waals surface area (Å²) in [5.74, 6) is -0.759. The Balaban J connectivity index is 1.70. The lowest BCUT2D eigenvalue weighted by atomic mass is 10.1. The topological polar surface area (TPSA) is 87.3 Å². The minimum Gasteiger partial charge on any atom is -0.465 e. The molecule has 1 amide bonds. The van der Waals surface area contributed by atoms with E-state index in [2.05, 4.69) is 20.2 Å². The first kappa shape index (κ1) is 17.6. The highest BCUT2D eigenvalue weighted by molar-refractivity contribution is 7.13. The summed E-state index contributed by atoms with van der Waals surface area (Å²) in [6, 6.07) is 0. The normalized spacial score (nSPS) is 14.7. The molecule has 1 saturated heterocycles. The van der Waals surface area contributed by atoms with Gasteiger partial charge in [0.25, 0.3) is 5.91 Å². The molecule has 0 unspecified atom stereocenters. The highest BCUT2D eigenvalue weighted by Gasteiger charge is 2.23. The summed E-state index contributed by atoms with van der Waals surface area (Å²) >= 11 is 1.41. The third-order valence-electron chi connectivity index (χ3n) is 4.41. The number of ether oxygens (including phenoxy) is 1. The maximum atomic E-state index is 12.5. The molecule has 1 aliphatic rings. The number of rotatable bonds is 5. The molecule has 0 bridgehead atoms. The molecule has 1 fully saturated rings. The van der Waals surface area contributed by atoms with E-state index >= 15 is 0 Å². The summed E-state index contributed by atoms with van der Waals surface area (Å²) in [6.07, 6.45) is 2.48. The number of anilines is 1. The first-order chi connectivity index (χ1) is 12.0. The number of nitrogens with one attached hydrogen (secondary N) is 2. The van der Waals surface area contributed by atoms with E-state index in [4.69, 9.17) is 4.74 Å². The van der Waals surface area contributed by atoms with Crippen molar-refractivity contribution in [2.75, 3.05) is 25.5 Å². The SMILES string of the molecule is COC(=O)c1c(C)[nH]c(C(=O)Nc2nc(CN3CCCC3)cs2)c1C. The van der Waals surface area contributed by atoms with Crippen LogP contribution in [-0.2, 0) is 11.3 Å². The number of amides is 1. The van der Waals surface area contributed by atoms with Gasteiger partial charge in [-0.3, -0.25) is 15.0 Å². The third-order valence-corrected chi connectivity index (χ3v) is 5.22. The lowest BCUT2D eigenvalue weighted by molar-refractivity contribution is 0.0599. The second-order valence-electron chi connectivity index (χ2n) is 6.20. The fourth-order valence-corrected chi connectivity index (χ4v) is 3.85. The van der Waals surface area contributed by atoms with Gasteiger partial charge in [0.05, 0.1) is 18.4 Å². The first-order valence-electron chi connectivity index (χ1n) is 8.25. The molecule has 0 aliphatic carbocycles. The molecule has 25 heavy (non-hydrogen) atoms. The number of aromatic amines is 1. The number of hydrogen-bond acceptors (Lipinski definition) is 6. The molecule has 0 atom stereocenters. The highest BCUT2D eigenvalue weighted by Crippen LogP contribution is 2.22. The molecule has 0 spiro atoms. The Bertz CT molecular complexity index is 790. The maximum Gasteiger partial charge on any atom is 0.339 e. The van der Waals surface area contributed by atoms with Crippen LogP contribution >= 0.6 is 11.3 Å². The Morgan fingerprint density at radius 1 is 1.36 bits per heavy atom. The van der Waals surface area contributed by atoms with Crippen LogP contribution in [0.4, 0.5) is 5.13 Å². The van der Waals surface area contributed by atoms with E-state index in [1.165, 1.54) is 31.3 Å². The van der Waals surface area contributed by atoms with Crippen LogP contribution < -0.4 is 5.32 Å². The molecular weight excluding hydrogens is 340 g/mol. The van der Waals surface area contributed by atoms with Gasteiger partial charge in [-0.1, -0.05) is 0 Å². The van der Waals surface area contributed by atoms with Crippen LogP contribution in [0.1, 0.15) is 50.6 Å². The van der Waals surface area contributed by atoms with Crippen LogP contribution in [0.15, 0.2) is 5.38 Å². The number of likely N-dealkylation sites (tertiary alicyclic amines) is 1. The number of aryl methyl sites for hydroxylation is 1. The second-order valence-corrected chi connectivity index (χ2v) is 7.06. The lowest BCUT2D eigenvalue weighted by Gasteiger charge is -2.11. The number of hydrogen-bond donors (Lipinski definition) is 2. The van der Waals surface area contributed by atoms with Crippen molar-refractivity contribution in [3.8, 4) is 0 Å². The van der Waals surface area contributed by atoms with Crippen molar-refractivity contribution in [2.24, 2.45) is 0 Å². The molecule has 0 saturated carbocycles. The monoisotopic (exact) mass is 362 g/mol. The number of H-pyrrole nitrogens is 1. The standard InChI is InChI=1S/C17H22N4O3S/c1-10-13(16(23)24-3)11(2)18-14(10)15(22)20-17-19-12(9-25-17)8-21-6-4-5-7-21/h9,18H,4-8H2,1-3H3,(H,19,20,22). The van der Waals surface area contributed by atoms with Gasteiger partial charge < -0.3 is 9.72 Å². The van der Waals surface area contributed by atoms with Crippen LogP contribution in [0.2, 0.25) is 0 Å². The van der Waals surface area contributed by atoms with Crippen molar-refractivity contribution >= 4 is 28.3 Å². The molecule has 0 aromatic carbocycles. The number of aromatic nitrogens is 2. The number of methoxy groups -OCH3 is 1. The smallest absolute Gasteiger partial charge is 0.339 e. The van der Waals surface area contributed by atoms with Gasteiger partial charge in [-0.05, 0) is 45.3 Å². The quantitative estimate of drug-likeness (QED) is 0.799. The van der Waals surface area contributed by atoms with Gasteiger partial charge in [0, 0.05) is 17.6 Å². The zero-order valence-corrected chi connectivity index (χ0v) is 15.5. The summed E-state index contributed by atoms with van der Waals surface area (Å²) in [6.45, 7) is 6.51. The number of carbonyl (C=O) groups is 2. The molecule has 3 heterocycles. The summed E-state index contributed by atoms with van der Waals surface area (Å²) in [5.41, 5.74) is 2.92. The summed E-state index contributed by atoms with van der Waals surface area (Å²) < 4.78 is 4.77. The molecule has 0 radical (unpaired) electrons. The third kappa shape index (κ3) is 3.74. The minimum atomic E-state index is -0.451.